The molecule has 0 aliphatic heterocycles. The van der Waals surface area contributed by atoms with Crippen molar-refractivity contribution in [2.24, 2.45) is 10.9 Å². The fraction of sp³-hybridized carbons (Fsp3) is 0.600. The predicted molar refractivity (Wildman–Crippen MR) is 121 cm³/mol. The molecule has 1 fully saturated rings. The van der Waals surface area contributed by atoms with Crippen LogP contribution in [-0.4, -0.2) is 38.1 Å². The van der Waals surface area contributed by atoms with E-state index in [0.29, 0.717) is 25.0 Å². The average Bonchev–Trinajstić information content (AvgIpc) is 3.46. The smallest absolute Gasteiger partial charge is 0.239 e. The Balaban J connectivity index is 0.00000364. The minimum absolute atomic E-state index is 0. The van der Waals surface area contributed by atoms with Crippen LogP contribution in [0.25, 0.3) is 0 Å². The lowest BCUT2D eigenvalue weighted by molar-refractivity contribution is -0.120. The monoisotopic (exact) mass is 488 g/mol. The molecule has 6 nitrogen and oxygen atoms in total. The van der Waals surface area contributed by atoms with Crippen molar-refractivity contribution in [2.75, 3.05) is 26.2 Å². The molecule has 152 valence electrons. The molecule has 1 aliphatic rings. The van der Waals surface area contributed by atoms with E-state index in [9.17, 15) is 4.79 Å². The number of carbonyl (C=O) groups is 1. The van der Waals surface area contributed by atoms with Gasteiger partial charge in [-0.15, -0.1) is 24.0 Å². The van der Waals surface area contributed by atoms with Gasteiger partial charge in [-0.3, -0.25) is 4.79 Å². The summed E-state index contributed by atoms with van der Waals surface area (Å²) in [6.45, 7) is 9.04. The van der Waals surface area contributed by atoms with Crippen LogP contribution in [0.4, 0.5) is 0 Å². The number of hydrogen-bond donors (Lipinski definition) is 3. The Morgan fingerprint density at radius 1 is 1.22 bits per heavy atom. The molecule has 1 aromatic carbocycles. The third-order valence-corrected chi connectivity index (χ3v) is 4.13. The number of nitrogens with one attached hydrogen (secondary N) is 3. The number of guanidine groups is 1. The number of hydrogen-bond acceptors (Lipinski definition) is 3. The van der Waals surface area contributed by atoms with E-state index in [1.807, 2.05) is 13.8 Å². The number of aryl methyl sites for hydroxylation is 1. The molecule has 0 saturated heterocycles. The van der Waals surface area contributed by atoms with E-state index in [-0.39, 0.29) is 36.4 Å². The molecule has 0 atom stereocenters. The maximum absolute atomic E-state index is 11.8. The molecule has 3 N–H and O–H groups in total. The third-order valence-electron chi connectivity index (χ3n) is 4.13. The molecule has 2 rings (SSSR count). The summed E-state index contributed by atoms with van der Waals surface area (Å²) in [5.41, 5.74) is 2.24. The summed E-state index contributed by atoms with van der Waals surface area (Å²) in [7, 11) is 0. The topological polar surface area (TPSA) is 74.8 Å². The Labute approximate surface area is 179 Å². The van der Waals surface area contributed by atoms with Crippen molar-refractivity contribution in [3.63, 3.8) is 0 Å². The second-order valence-electron chi connectivity index (χ2n) is 6.76. The van der Waals surface area contributed by atoms with E-state index in [0.717, 1.165) is 30.9 Å². The standard InChI is InChI=1S/C20H32N4O2.HI/c1-4-10-22-19(25)13-24-20(21-5-2)23-12-17-9-6-15(3)11-18(17)26-14-16-7-8-16;/h6,9,11,16H,4-5,7-8,10,12-14H2,1-3H3,(H,22,25)(H2,21,23,24);1H. The van der Waals surface area contributed by atoms with Gasteiger partial charge < -0.3 is 20.7 Å². The zero-order chi connectivity index (χ0) is 18.8. The van der Waals surface area contributed by atoms with E-state index in [2.05, 4.69) is 46.1 Å². The van der Waals surface area contributed by atoms with Crippen molar-refractivity contribution in [3.05, 3.63) is 29.3 Å². The van der Waals surface area contributed by atoms with Crippen LogP contribution in [0.1, 0.15) is 44.2 Å². The molecule has 0 spiro atoms. The van der Waals surface area contributed by atoms with Gasteiger partial charge in [-0.2, -0.15) is 0 Å². The Hall–Kier alpha value is -1.51. The summed E-state index contributed by atoms with van der Waals surface area (Å²) in [5.74, 6) is 2.23. The van der Waals surface area contributed by atoms with Crippen LogP contribution in [0.3, 0.4) is 0 Å². The Morgan fingerprint density at radius 2 is 2.00 bits per heavy atom. The number of aliphatic imine (C=N–C) groups is 1. The zero-order valence-corrected chi connectivity index (χ0v) is 19.0. The van der Waals surface area contributed by atoms with Gasteiger partial charge in [-0.05, 0) is 50.7 Å². The second kappa shape index (κ2) is 12.8. The van der Waals surface area contributed by atoms with Gasteiger partial charge in [0.15, 0.2) is 5.96 Å². The number of rotatable bonds is 10. The van der Waals surface area contributed by atoms with Crippen LogP contribution < -0.4 is 20.7 Å². The van der Waals surface area contributed by atoms with Crippen molar-refractivity contribution in [2.45, 2.75) is 46.6 Å². The SMILES string of the molecule is CCCNC(=O)CNC(=NCc1ccc(C)cc1OCC1CC1)NCC.I. The van der Waals surface area contributed by atoms with Gasteiger partial charge in [0.1, 0.15) is 5.75 Å². The van der Waals surface area contributed by atoms with E-state index in [1.54, 1.807) is 0 Å². The van der Waals surface area contributed by atoms with E-state index in [1.165, 1.54) is 18.4 Å². The van der Waals surface area contributed by atoms with Crippen molar-refractivity contribution < 1.29 is 9.53 Å². The fourth-order valence-electron chi connectivity index (χ4n) is 2.42. The van der Waals surface area contributed by atoms with E-state index in [4.69, 9.17) is 4.74 Å². The van der Waals surface area contributed by atoms with Crippen molar-refractivity contribution >= 4 is 35.8 Å². The fourth-order valence-corrected chi connectivity index (χ4v) is 2.42. The van der Waals surface area contributed by atoms with Crippen LogP contribution in [0.15, 0.2) is 23.2 Å². The summed E-state index contributed by atoms with van der Waals surface area (Å²) in [4.78, 5) is 16.4. The van der Waals surface area contributed by atoms with Gasteiger partial charge in [-0.25, -0.2) is 4.99 Å². The quantitative estimate of drug-likeness (QED) is 0.269. The molecule has 0 heterocycles. The van der Waals surface area contributed by atoms with Crippen LogP contribution in [0.2, 0.25) is 0 Å². The average molecular weight is 488 g/mol. The first-order valence-electron chi connectivity index (χ1n) is 9.63. The maximum atomic E-state index is 11.8. The van der Waals surface area contributed by atoms with Gasteiger partial charge in [0, 0.05) is 18.7 Å². The minimum Gasteiger partial charge on any atom is -0.493 e. The number of halogens is 1. The molecular weight excluding hydrogens is 455 g/mol. The van der Waals surface area contributed by atoms with Crippen molar-refractivity contribution in [3.8, 4) is 5.75 Å². The van der Waals surface area contributed by atoms with Gasteiger partial charge in [0.05, 0.1) is 19.7 Å². The number of carbonyl (C=O) groups excluding carboxylic acids is 1. The largest absolute Gasteiger partial charge is 0.493 e. The van der Waals surface area contributed by atoms with Crippen LogP contribution in [0.5, 0.6) is 5.75 Å². The van der Waals surface area contributed by atoms with Crippen LogP contribution >= 0.6 is 24.0 Å². The summed E-state index contributed by atoms with van der Waals surface area (Å²) in [5, 5.41) is 9.10. The molecule has 27 heavy (non-hydrogen) atoms. The normalized spacial score (nSPS) is 13.5. The Bertz CT molecular complexity index is 618. The predicted octanol–water partition coefficient (Wildman–Crippen LogP) is 2.98. The highest BCUT2D eigenvalue weighted by atomic mass is 127. The number of nitrogens with zero attached hydrogens (tertiary/aromatic N) is 1. The highest BCUT2D eigenvalue weighted by Gasteiger charge is 2.22. The summed E-state index contributed by atoms with van der Waals surface area (Å²) in [6, 6.07) is 6.22. The lowest BCUT2D eigenvalue weighted by atomic mass is 10.1. The highest BCUT2D eigenvalue weighted by Crippen LogP contribution is 2.30. The molecule has 0 bridgehead atoms. The van der Waals surface area contributed by atoms with Gasteiger partial charge >= 0.3 is 0 Å². The number of benzene rings is 1. The molecule has 1 aliphatic carbocycles. The minimum atomic E-state index is -0.0266. The lowest BCUT2D eigenvalue weighted by Gasteiger charge is -2.13. The molecule has 1 aromatic rings. The third kappa shape index (κ3) is 9.30. The molecule has 1 saturated carbocycles. The first-order chi connectivity index (χ1) is 12.6. The van der Waals surface area contributed by atoms with Crippen LogP contribution in [0, 0.1) is 12.8 Å². The van der Waals surface area contributed by atoms with E-state index >= 15 is 0 Å². The molecule has 0 radical (unpaired) electrons. The van der Waals surface area contributed by atoms with Gasteiger partial charge in [0.2, 0.25) is 5.91 Å². The van der Waals surface area contributed by atoms with Gasteiger partial charge in [-0.1, -0.05) is 19.1 Å². The molecule has 0 unspecified atom stereocenters. The van der Waals surface area contributed by atoms with Gasteiger partial charge in [0.25, 0.3) is 0 Å². The molecule has 1 amide bonds. The van der Waals surface area contributed by atoms with E-state index < -0.39 is 0 Å². The number of amides is 1. The highest BCUT2D eigenvalue weighted by molar-refractivity contribution is 14.0. The molecule has 0 aromatic heterocycles. The Kier molecular flexibility index (Phi) is 11.2. The summed E-state index contributed by atoms with van der Waals surface area (Å²) < 4.78 is 6.00. The summed E-state index contributed by atoms with van der Waals surface area (Å²) >= 11 is 0. The summed E-state index contributed by atoms with van der Waals surface area (Å²) in [6.07, 6.45) is 3.47. The first-order valence-corrected chi connectivity index (χ1v) is 9.63. The first kappa shape index (κ1) is 23.5. The second-order valence-corrected chi connectivity index (χ2v) is 6.76. The molecular formula is C20H33IN4O2. The van der Waals surface area contributed by atoms with Crippen molar-refractivity contribution in [1.29, 1.82) is 0 Å². The van der Waals surface area contributed by atoms with Crippen LogP contribution in [-0.2, 0) is 11.3 Å². The maximum Gasteiger partial charge on any atom is 0.239 e. The Morgan fingerprint density at radius 3 is 2.67 bits per heavy atom. The molecule has 7 heteroatoms. The number of ether oxygens (including phenoxy) is 1. The van der Waals surface area contributed by atoms with Crippen molar-refractivity contribution in [1.82, 2.24) is 16.0 Å². The zero-order valence-electron chi connectivity index (χ0n) is 16.6. The lowest BCUT2D eigenvalue weighted by Crippen LogP contribution is -2.43.